The van der Waals surface area contributed by atoms with Crippen LogP contribution in [0.3, 0.4) is 0 Å². The van der Waals surface area contributed by atoms with Crippen molar-refractivity contribution < 1.29 is 14.3 Å². The smallest absolute Gasteiger partial charge is 0.255 e. The van der Waals surface area contributed by atoms with Crippen molar-refractivity contribution in [1.29, 1.82) is 0 Å². The lowest BCUT2D eigenvalue weighted by atomic mass is 10.1. The summed E-state index contributed by atoms with van der Waals surface area (Å²) in [7, 11) is 1.53. The molecular formula is C19H22N6O3S2. The van der Waals surface area contributed by atoms with Crippen molar-refractivity contribution in [3.63, 3.8) is 0 Å². The van der Waals surface area contributed by atoms with Crippen LogP contribution in [0.15, 0.2) is 41.0 Å². The van der Waals surface area contributed by atoms with E-state index < -0.39 is 0 Å². The number of ether oxygens (including phenoxy) is 1. The largest absolute Gasteiger partial charge is 0.496 e. The van der Waals surface area contributed by atoms with Crippen LogP contribution in [0, 0.1) is 0 Å². The number of thiazole rings is 1. The summed E-state index contributed by atoms with van der Waals surface area (Å²) in [5.74, 6) is 0.868. The third kappa shape index (κ3) is 5.16. The van der Waals surface area contributed by atoms with Crippen LogP contribution in [0.2, 0.25) is 0 Å². The second-order valence-electron chi connectivity index (χ2n) is 6.15. The van der Waals surface area contributed by atoms with Crippen molar-refractivity contribution in [2.24, 2.45) is 0 Å². The first-order valence-corrected chi connectivity index (χ1v) is 11.1. The normalized spacial score (nSPS) is 11.7. The number of nitrogens with one attached hydrogen (secondary N) is 2. The maximum atomic E-state index is 12.7. The SMILES string of the molecule is CCn1c(SCC(=O)Nc2nccs2)nnc1C(C)NC(=O)c1ccccc1OC. The summed E-state index contributed by atoms with van der Waals surface area (Å²) < 4.78 is 7.14. The van der Waals surface area contributed by atoms with Gasteiger partial charge in [0.05, 0.1) is 24.5 Å². The van der Waals surface area contributed by atoms with Gasteiger partial charge in [-0.05, 0) is 26.0 Å². The van der Waals surface area contributed by atoms with Gasteiger partial charge >= 0.3 is 0 Å². The molecule has 2 N–H and O–H groups in total. The Kier molecular flexibility index (Phi) is 7.41. The van der Waals surface area contributed by atoms with E-state index >= 15 is 0 Å². The summed E-state index contributed by atoms with van der Waals surface area (Å²) in [5.41, 5.74) is 0.447. The van der Waals surface area contributed by atoms with Crippen molar-refractivity contribution in [3.05, 3.63) is 47.2 Å². The second-order valence-corrected chi connectivity index (χ2v) is 7.99. The summed E-state index contributed by atoms with van der Waals surface area (Å²) >= 11 is 2.64. The molecule has 11 heteroatoms. The Bertz CT molecular complexity index is 1010. The van der Waals surface area contributed by atoms with Gasteiger partial charge in [0, 0.05) is 18.1 Å². The third-order valence-electron chi connectivity index (χ3n) is 4.16. The molecule has 3 rings (SSSR count). The van der Waals surface area contributed by atoms with Crippen molar-refractivity contribution in [2.75, 3.05) is 18.2 Å². The lowest BCUT2D eigenvalue weighted by Gasteiger charge is -2.16. The molecule has 0 aliphatic carbocycles. The first kappa shape index (κ1) is 21.8. The molecule has 2 heterocycles. The lowest BCUT2D eigenvalue weighted by Crippen LogP contribution is -2.29. The van der Waals surface area contributed by atoms with Gasteiger partial charge in [-0.15, -0.1) is 21.5 Å². The molecule has 0 saturated carbocycles. The molecule has 0 bridgehead atoms. The summed E-state index contributed by atoms with van der Waals surface area (Å²) in [5, 5.41) is 17.1. The fourth-order valence-electron chi connectivity index (χ4n) is 2.77. The van der Waals surface area contributed by atoms with E-state index in [9.17, 15) is 9.59 Å². The van der Waals surface area contributed by atoms with E-state index in [0.29, 0.717) is 34.0 Å². The molecule has 0 aliphatic heterocycles. The highest BCUT2D eigenvalue weighted by Gasteiger charge is 2.21. The number of rotatable bonds is 9. The van der Waals surface area contributed by atoms with Crippen LogP contribution in [0.25, 0.3) is 0 Å². The van der Waals surface area contributed by atoms with Crippen LogP contribution in [-0.2, 0) is 11.3 Å². The standard InChI is InChI=1S/C19H22N6O3S2/c1-4-25-16(12(2)21-17(27)13-7-5-6-8-14(13)28-3)23-24-19(25)30-11-15(26)22-18-20-9-10-29-18/h5-10,12H,4,11H2,1-3H3,(H,21,27)(H,20,22,26). The first-order chi connectivity index (χ1) is 14.5. The number of benzene rings is 1. The number of hydrogen-bond acceptors (Lipinski definition) is 8. The number of carbonyl (C=O) groups excluding carboxylic acids is 2. The summed E-state index contributed by atoms with van der Waals surface area (Å²) in [6.07, 6.45) is 1.63. The zero-order valence-electron chi connectivity index (χ0n) is 16.8. The van der Waals surface area contributed by atoms with Gasteiger partial charge in [0.2, 0.25) is 5.91 Å². The molecule has 3 aromatic rings. The van der Waals surface area contributed by atoms with Gasteiger partial charge < -0.3 is 19.9 Å². The van der Waals surface area contributed by atoms with Crippen molar-refractivity contribution in [3.8, 4) is 5.75 Å². The van der Waals surface area contributed by atoms with E-state index in [-0.39, 0.29) is 23.6 Å². The highest BCUT2D eigenvalue weighted by molar-refractivity contribution is 7.99. The maximum Gasteiger partial charge on any atom is 0.255 e. The molecular weight excluding hydrogens is 424 g/mol. The van der Waals surface area contributed by atoms with Gasteiger partial charge in [-0.1, -0.05) is 23.9 Å². The Morgan fingerprint density at radius 1 is 1.30 bits per heavy atom. The molecule has 0 saturated heterocycles. The Labute approximate surface area is 182 Å². The molecule has 2 amide bonds. The Balaban J connectivity index is 1.65. The van der Waals surface area contributed by atoms with E-state index in [1.165, 1.54) is 30.2 Å². The highest BCUT2D eigenvalue weighted by atomic mass is 32.2. The van der Waals surface area contributed by atoms with E-state index in [0.717, 1.165) is 0 Å². The fraction of sp³-hybridized carbons (Fsp3) is 0.316. The predicted octanol–water partition coefficient (Wildman–Crippen LogP) is 2.98. The van der Waals surface area contributed by atoms with Crippen LogP contribution in [0.5, 0.6) is 5.75 Å². The minimum Gasteiger partial charge on any atom is -0.496 e. The number of methoxy groups -OCH3 is 1. The first-order valence-electron chi connectivity index (χ1n) is 9.22. The summed E-state index contributed by atoms with van der Waals surface area (Å²) in [6.45, 7) is 4.40. The molecule has 0 fully saturated rings. The quantitative estimate of drug-likeness (QED) is 0.486. The molecule has 9 nitrogen and oxygen atoms in total. The van der Waals surface area contributed by atoms with Gasteiger partial charge in [-0.2, -0.15) is 0 Å². The second kappa shape index (κ2) is 10.2. The van der Waals surface area contributed by atoms with Gasteiger partial charge in [0.25, 0.3) is 5.91 Å². The number of hydrogen-bond donors (Lipinski definition) is 2. The minimum atomic E-state index is -0.381. The van der Waals surface area contributed by atoms with E-state index in [2.05, 4.69) is 25.8 Å². The number of para-hydroxylation sites is 1. The number of nitrogens with zero attached hydrogens (tertiary/aromatic N) is 4. The minimum absolute atomic E-state index is 0.167. The van der Waals surface area contributed by atoms with Gasteiger partial charge in [-0.25, -0.2) is 4.98 Å². The molecule has 30 heavy (non-hydrogen) atoms. The molecule has 1 atom stereocenters. The van der Waals surface area contributed by atoms with Gasteiger partial charge in [0.1, 0.15) is 5.75 Å². The van der Waals surface area contributed by atoms with E-state index in [1.54, 1.807) is 35.8 Å². The molecule has 0 aliphatic rings. The molecule has 0 spiro atoms. The average molecular weight is 447 g/mol. The molecule has 2 aromatic heterocycles. The number of thioether (sulfide) groups is 1. The third-order valence-corrected chi connectivity index (χ3v) is 5.81. The number of aromatic nitrogens is 4. The van der Waals surface area contributed by atoms with Gasteiger partial charge in [0.15, 0.2) is 16.1 Å². The summed E-state index contributed by atoms with van der Waals surface area (Å²) in [4.78, 5) is 28.8. The van der Waals surface area contributed by atoms with Crippen molar-refractivity contribution in [1.82, 2.24) is 25.1 Å². The van der Waals surface area contributed by atoms with Crippen LogP contribution in [0.4, 0.5) is 5.13 Å². The zero-order chi connectivity index (χ0) is 21.5. The van der Waals surface area contributed by atoms with Crippen LogP contribution in [0.1, 0.15) is 36.1 Å². The van der Waals surface area contributed by atoms with Crippen LogP contribution >= 0.6 is 23.1 Å². The van der Waals surface area contributed by atoms with E-state index in [4.69, 9.17) is 4.74 Å². The van der Waals surface area contributed by atoms with Crippen molar-refractivity contribution in [2.45, 2.75) is 31.6 Å². The Hall–Kier alpha value is -2.92. The highest BCUT2D eigenvalue weighted by Crippen LogP contribution is 2.23. The van der Waals surface area contributed by atoms with Crippen LogP contribution < -0.4 is 15.4 Å². The van der Waals surface area contributed by atoms with Crippen LogP contribution in [-0.4, -0.2) is 44.4 Å². The van der Waals surface area contributed by atoms with Crippen molar-refractivity contribution >= 4 is 40.0 Å². The number of anilines is 1. The maximum absolute atomic E-state index is 12.7. The zero-order valence-corrected chi connectivity index (χ0v) is 18.4. The molecule has 0 radical (unpaired) electrons. The molecule has 1 unspecified atom stereocenters. The average Bonchev–Trinajstić information content (AvgIpc) is 3.41. The molecule has 158 valence electrons. The Morgan fingerprint density at radius 3 is 2.80 bits per heavy atom. The number of amides is 2. The molecule has 1 aromatic carbocycles. The lowest BCUT2D eigenvalue weighted by molar-refractivity contribution is -0.113. The topological polar surface area (TPSA) is 111 Å². The van der Waals surface area contributed by atoms with E-state index in [1.807, 2.05) is 18.4 Å². The summed E-state index contributed by atoms with van der Waals surface area (Å²) in [6, 6.07) is 6.64. The Morgan fingerprint density at radius 2 is 2.10 bits per heavy atom. The van der Waals surface area contributed by atoms with Gasteiger partial charge in [-0.3, -0.25) is 9.59 Å². The monoisotopic (exact) mass is 446 g/mol. The predicted molar refractivity (Wildman–Crippen MR) is 116 cm³/mol. The fourth-order valence-corrected chi connectivity index (χ4v) is 4.12. The number of carbonyl (C=O) groups is 2.